The monoisotopic (exact) mass is 460 g/mol. The van der Waals surface area contributed by atoms with Crippen LogP contribution in [0.2, 0.25) is 5.15 Å². The topological polar surface area (TPSA) is 83.0 Å². The number of carbonyl (C=O) groups is 1. The number of pyridine rings is 1. The first-order valence-electron chi connectivity index (χ1n) is 11.5. The molecule has 2 aliphatic rings. The Bertz CT molecular complexity index is 915. The molecule has 9 heteroatoms. The lowest BCUT2D eigenvalue weighted by Gasteiger charge is -2.34. The normalized spacial score (nSPS) is 18.0. The van der Waals surface area contributed by atoms with Crippen molar-refractivity contribution in [3.63, 3.8) is 0 Å². The fourth-order valence-electron chi connectivity index (χ4n) is 4.73. The molecule has 2 aromatic heterocycles. The van der Waals surface area contributed by atoms with E-state index in [1.54, 1.807) is 0 Å². The maximum absolute atomic E-state index is 14.0. The minimum atomic E-state index is -0.594. The predicted molar refractivity (Wildman–Crippen MR) is 124 cm³/mol. The second kappa shape index (κ2) is 11.0. The van der Waals surface area contributed by atoms with E-state index in [0.29, 0.717) is 17.3 Å². The van der Waals surface area contributed by atoms with E-state index in [1.165, 1.54) is 56.6 Å². The van der Waals surface area contributed by atoms with Gasteiger partial charge in [0.05, 0.1) is 18.0 Å². The van der Waals surface area contributed by atoms with Crippen LogP contribution in [-0.4, -0.2) is 47.0 Å². The van der Waals surface area contributed by atoms with Gasteiger partial charge in [-0.1, -0.05) is 30.9 Å². The third kappa shape index (κ3) is 6.13. The first-order valence-corrected chi connectivity index (χ1v) is 11.9. The van der Waals surface area contributed by atoms with E-state index in [1.807, 2.05) is 4.90 Å². The molecule has 172 valence electrons. The van der Waals surface area contributed by atoms with Crippen molar-refractivity contribution in [1.29, 1.82) is 0 Å². The molecule has 2 saturated heterocycles. The highest BCUT2D eigenvalue weighted by Gasteiger charge is 2.25. The number of anilines is 2. The van der Waals surface area contributed by atoms with Gasteiger partial charge in [0, 0.05) is 13.1 Å². The molecule has 7 nitrogen and oxygen atoms in total. The average molecular weight is 461 g/mol. The molecule has 0 spiro atoms. The molecule has 0 aliphatic carbocycles. The van der Waals surface area contributed by atoms with Crippen LogP contribution >= 0.6 is 11.6 Å². The Morgan fingerprint density at radius 2 is 1.81 bits per heavy atom. The summed E-state index contributed by atoms with van der Waals surface area (Å²) in [6.45, 7) is 3.85. The number of hydrogen-bond donors (Lipinski definition) is 2. The molecule has 0 atom stereocenters. The van der Waals surface area contributed by atoms with Gasteiger partial charge in [-0.05, 0) is 62.7 Å². The summed E-state index contributed by atoms with van der Waals surface area (Å²) >= 11 is 5.84. The van der Waals surface area contributed by atoms with Gasteiger partial charge in [-0.2, -0.15) is 4.39 Å². The van der Waals surface area contributed by atoms with Gasteiger partial charge < -0.3 is 15.5 Å². The maximum atomic E-state index is 14.0. The van der Waals surface area contributed by atoms with Crippen LogP contribution in [0.3, 0.4) is 0 Å². The number of rotatable bonds is 7. The number of nitrogens with one attached hydrogen (secondary N) is 2. The minimum absolute atomic E-state index is 0.183. The second-order valence-electron chi connectivity index (χ2n) is 8.74. The molecule has 4 rings (SSSR count). The van der Waals surface area contributed by atoms with E-state index in [4.69, 9.17) is 11.6 Å². The number of carbonyl (C=O) groups excluding carboxylic acids is 1. The van der Waals surface area contributed by atoms with E-state index in [-0.39, 0.29) is 11.0 Å². The number of nitrogens with zero attached hydrogens (tertiary/aromatic N) is 4. The van der Waals surface area contributed by atoms with Crippen molar-refractivity contribution in [1.82, 2.24) is 20.3 Å². The van der Waals surface area contributed by atoms with Gasteiger partial charge in [-0.25, -0.2) is 9.97 Å². The largest absolute Gasteiger partial charge is 0.356 e. The molecule has 1 amide bonds. The van der Waals surface area contributed by atoms with Crippen LogP contribution in [0.25, 0.3) is 0 Å². The van der Waals surface area contributed by atoms with Gasteiger partial charge in [0.1, 0.15) is 11.0 Å². The zero-order valence-corrected chi connectivity index (χ0v) is 19.0. The molecule has 2 aromatic rings. The first kappa shape index (κ1) is 22.9. The lowest BCUT2D eigenvalue weighted by atomic mass is 9.87. The van der Waals surface area contributed by atoms with Crippen LogP contribution in [0.4, 0.5) is 16.0 Å². The van der Waals surface area contributed by atoms with Crippen LogP contribution in [0, 0.1) is 17.8 Å². The third-order valence-electron chi connectivity index (χ3n) is 6.53. The molecule has 0 saturated carbocycles. The Kier molecular flexibility index (Phi) is 7.86. The van der Waals surface area contributed by atoms with Crippen LogP contribution in [0.5, 0.6) is 0 Å². The first-order chi connectivity index (χ1) is 15.6. The summed E-state index contributed by atoms with van der Waals surface area (Å²) in [6, 6.07) is 2.67. The van der Waals surface area contributed by atoms with Gasteiger partial charge in [0.25, 0.3) is 5.91 Å². The van der Waals surface area contributed by atoms with Crippen LogP contribution < -0.4 is 15.5 Å². The maximum Gasteiger partial charge on any atom is 0.260 e. The molecular weight excluding hydrogens is 431 g/mol. The summed E-state index contributed by atoms with van der Waals surface area (Å²) < 4.78 is 14.0. The average Bonchev–Trinajstić information content (AvgIpc) is 2.80. The quantitative estimate of drug-likeness (QED) is 0.599. The molecule has 2 fully saturated rings. The highest BCUT2D eigenvalue weighted by atomic mass is 35.5. The fraction of sp³-hybridized carbons (Fsp3) is 0.565. The highest BCUT2D eigenvalue weighted by Crippen LogP contribution is 2.29. The molecule has 0 unspecified atom stereocenters. The molecule has 0 bridgehead atoms. The summed E-state index contributed by atoms with van der Waals surface area (Å²) in [7, 11) is 0. The smallest absolute Gasteiger partial charge is 0.260 e. The molecule has 32 heavy (non-hydrogen) atoms. The lowest BCUT2D eigenvalue weighted by Crippen LogP contribution is -2.36. The van der Waals surface area contributed by atoms with E-state index in [0.717, 1.165) is 44.9 Å². The van der Waals surface area contributed by atoms with Gasteiger partial charge in [0.15, 0.2) is 5.82 Å². The summed E-state index contributed by atoms with van der Waals surface area (Å²) in [5, 5.41) is 6.29. The molecule has 0 aromatic carbocycles. The Morgan fingerprint density at radius 3 is 2.53 bits per heavy atom. The summed E-state index contributed by atoms with van der Waals surface area (Å²) in [5.74, 6) is 1.17. The lowest BCUT2D eigenvalue weighted by molar-refractivity contribution is 0.102. The summed E-state index contributed by atoms with van der Waals surface area (Å²) in [4.78, 5) is 26.9. The standard InChI is InChI=1S/C23H30ClFN6O/c24-19-14-27-15-21(28-19)30-23(32)18-4-5-20(25)29-22(18)31-12-8-17(9-13-31)3-1-2-16-6-10-26-11-7-16/h4-5,14-17,26H,1-3,6-13H2,(H,28,30,32). The van der Waals surface area contributed by atoms with E-state index in [9.17, 15) is 9.18 Å². The number of halogens is 2. The van der Waals surface area contributed by atoms with Crippen molar-refractivity contribution in [3.8, 4) is 0 Å². The Labute approximate surface area is 193 Å². The van der Waals surface area contributed by atoms with Gasteiger partial charge in [-0.15, -0.1) is 0 Å². The van der Waals surface area contributed by atoms with Crippen molar-refractivity contribution >= 4 is 29.1 Å². The van der Waals surface area contributed by atoms with E-state index >= 15 is 0 Å². The van der Waals surface area contributed by atoms with Gasteiger partial charge in [-0.3, -0.25) is 9.78 Å². The molecule has 2 aliphatic heterocycles. The Hall–Kier alpha value is -2.32. The Morgan fingerprint density at radius 1 is 1.09 bits per heavy atom. The zero-order valence-electron chi connectivity index (χ0n) is 18.2. The van der Waals surface area contributed by atoms with Crippen LogP contribution in [0.15, 0.2) is 24.5 Å². The summed E-state index contributed by atoms with van der Waals surface area (Å²) in [5.41, 5.74) is 0.317. The molecule has 4 heterocycles. The highest BCUT2D eigenvalue weighted by molar-refractivity contribution is 6.29. The number of aromatic nitrogens is 3. The van der Waals surface area contributed by atoms with E-state index in [2.05, 4.69) is 25.6 Å². The molecule has 2 N–H and O–H groups in total. The zero-order chi connectivity index (χ0) is 22.3. The number of amides is 1. The van der Waals surface area contributed by atoms with Crippen LogP contribution in [0.1, 0.15) is 55.3 Å². The van der Waals surface area contributed by atoms with Crippen molar-refractivity contribution in [2.24, 2.45) is 11.8 Å². The second-order valence-corrected chi connectivity index (χ2v) is 9.13. The minimum Gasteiger partial charge on any atom is -0.356 e. The number of piperidine rings is 2. The van der Waals surface area contributed by atoms with Crippen molar-refractivity contribution in [3.05, 3.63) is 41.2 Å². The Balaban J connectivity index is 1.33. The molecular formula is C23H30ClFN6O. The third-order valence-corrected chi connectivity index (χ3v) is 6.71. The van der Waals surface area contributed by atoms with Gasteiger partial charge >= 0.3 is 0 Å². The fourth-order valence-corrected chi connectivity index (χ4v) is 4.88. The van der Waals surface area contributed by atoms with Crippen molar-refractivity contribution < 1.29 is 9.18 Å². The SMILES string of the molecule is O=C(Nc1cncc(Cl)n1)c1ccc(F)nc1N1CCC(CCCC2CCNCC2)CC1. The van der Waals surface area contributed by atoms with Crippen molar-refractivity contribution in [2.45, 2.75) is 44.9 Å². The molecule has 0 radical (unpaired) electrons. The van der Waals surface area contributed by atoms with Crippen molar-refractivity contribution in [2.75, 3.05) is 36.4 Å². The van der Waals surface area contributed by atoms with E-state index < -0.39 is 11.9 Å². The van der Waals surface area contributed by atoms with Gasteiger partial charge in [0.2, 0.25) is 5.95 Å². The van der Waals surface area contributed by atoms with Crippen LogP contribution in [-0.2, 0) is 0 Å². The number of hydrogen-bond acceptors (Lipinski definition) is 6. The summed E-state index contributed by atoms with van der Waals surface area (Å²) in [6.07, 6.45) is 11.3. The predicted octanol–water partition coefficient (Wildman–Crippen LogP) is 4.30.